The highest BCUT2D eigenvalue weighted by molar-refractivity contribution is 5.99. The summed E-state index contributed by atoms with van der Waals surface area (Å²) in [6.07, 6.45) is 3.34. The van der Waals surface area contributed by atoms with Crippen molar-refractivity contribution in [3.63, 3.8) is 0 Å². The standard InChI is InChI=1S/C28H24F2N4O2/c1-18-7-12-23(15-24(18)30)34-16-25(19-5-3-2-4-6-19)31-28(34)32-26(35)17-33(22-13-14-22)27(36)20-8-10-21(29)11-9-20/h2-12,15-16,22H,13-14,17H2,1H3,(H,31,32,35). The van der Waals surface area contributed by atoms with Crippen molar-refractivity contribution in [3.8, 4) is 16.9 Å². The van der Waals surface area contributed by atoms with E-state index in [1.165, 1.54) is 35.2 Å². The van der Waals surface area contributed by atoms with Crippen LogP contribution in [0.4, 0.5) is 14.7 Å². The van der Waals surface area contributed by atoms with Gasteiger partial charge in [-0.05, 0) is 61.7 Å². The molecule has 8 heteroatoms. The average molecular weight is 487 g/mol. The quantitative estimate of drug-likeness (QED) is 0.382. The molecule has 0 aliphatic heterocycles. The predicted octanol–water partition coefficient (Wildman–Crippen LogP) is 5.37. The van der Waals surface area contributed by atoms with E-state index in [2.05, 4.69) is 10.3 Å². The van der Waals surface area contributed by atoms with Crippen LogP contribution in [0.3, 0.4) is 0 Å². The third kappa shape index (κ3) is 5.02. The Kier molecular flexibility index (Phi) is 6.33. The Balaban J connectivity index is 1.42. The van der Waals surface area contributed by atoms with Gasteiger partial charge in [0.2, 0.25) is 11.9 Å². The van der Waals surface area contributed by atoms with Gasteiger partial charge in [-0.15, -0.1) is 0 Å². The molecule has 1 saturated carbocycles. The SMILES string of the molecule is Cc1ccc(-n2cc(-c3ccccc3)nc2NC(=O)CN(C(=O)c2ccc(F)cc2)C2CC2)cc1F. The molecule has 1 heterocycles. The fourth-order valence-electron chi connectivity index (χ4n) is 3.98. The summed E-state index contributed by atoms with van der Waals surface area (Å²) >= 11 is 0. The van der Waals surface area contributed by atoms with E-state index in [0.29, 0.717) is 22.5 Å². The number of anilines is 1. The fourth-order valence-corrected chi connectivity index (χ4v) is 3.98. The number of carbonyl (C=O) groups is 2. The Morgan fingerprint density at radius 1 is 1.03 bits per heavy atom. The lowest BCUT2D eigenvalue weighted by Crippen LogP contribution is -2.39. The number of imidazole rings is 1. The minimum Gasteiger partial charge on any atom is -0.326 e. The first-order valence-electron chi connectivity index (χ1n) is 11.7. The molecule has 6 nitrogen and oxygen atoms in total. The van der Waals surface area contributed by atoms with Gasteiger partial charge in [0.05, 0.1) is 11.4 Å². The normalized spacial score (nSPS) is 12.9. The maximum atomic E-state index is 14.3. The molecule has 1 aliphatic rings. The zero-order valence-electron chi connectivity index (χ0n) is 19.6. The van der Waals surface area contributed by atoms with E-state index in [0.717, 1.165) is 18.4 Å². The number of carbonyl (C=O) groups excluding carboxylic acids is 2. The maximum Gasteiger partial charge on any atom is 0.254 e. The van der Waals surface area contributed by atoms with E-state index in [4.69, 9.17) is 0 Å². The molecule has 0 atom stereocenters. The van der Waals surface area contributed by atoms with E-state index in [1.54, 1.807) is 29.8 Å². The first-order chi connectivity index (χ1) is 17.4. The van der Waals surface area contributed by atoms with Crippen molar-refractivity contribution >= 4 is 17.8 Å². The van der Waals surface area contributed by atoms with Crippen molar-refractivity contribution in [2.75, 3.05) is 11.9 Å². The maximum absolute atomic E-state index is 14.3. The van der Waals surface area contributed by atoms with E-state index < -0.39 is 11.7 Å². The van der Waals surface area contributed by atoms with Gasteiger partial charge in [-0.2, -0.15) is 0 Å². The van der Waals surface area contributed by atoms with Crippen LogP contribution in [0.15, 0.2) is 79.0 Å². The summed E-state index contributed by atoms with van der Waals surface area (Å²) < 4.78 is 29.3. The number of aryl methyl sites for hydroxylation is 1. The zero-order chi connectivity index (χ0) is 25.2. The zero-order valence-corrected chi connectivity index (χ0v) is 19.6. The Labute approximate surface area is 207 Å². The van der Waals surface area contributed by atoms with Gasteiger partial charge >= 0.3 is 0 Å². The molecule has 36 heavy (non-hydrogen) atoms. The Morgan fingerprint density at radius 2 is 1.75 bits per heavy atom. The number of benzene rings is 3. The number of amides is 2. The van der Waals surface area contributed by atoms with E-state index in [1.807, 2.05) is 30.3 Å². The highest BCUT2D eigenvalue weighted by atomic mass is 19.1. The topological polar surface area (TPSA) is 67.2 Å². The molecule has 0 radical (unpaired) electrons. The predicted molar refractivity (Wildman–Crippen MR) is 133 cm³/mol. The monoisotopic (exact) mass is 486 g/mol. The largest absolute Gasteiger partial charge is 0.326 e. The molecule has 1 aliphatic carbocycles. The molecule has 0 unspecified atom stereocenters. The minimum absolute atomic E-state index is 0.0425. The second-order valence-electron chi connectivity index (χ2n) is 8.84. The minimum atomic E-state index is -0.434. The number of aromatic nitrogens is 2. The van der Waals surface area contributed by atoms with Gasteiger partial charge in [-0.3, -0.25) is 19.5 Å². The number of nitrogens with zero attached hydrogens (tertiary/aromatic N) is 3. The summed E-state index contributed by atoms with van der Waals surface area (Å²) in [5, 5.41) is 2.80. The molecular weight excluding hydrogens is 462 g/mol. The Bertz CT molecular complexity index is 1410. The Hall–Kier alpha value is -4.33. The van der Waals surface area contributed by atoms with Crippen LogP contribution in [-0.2, 0) is 4.79 Å². The van der Waals surface area contributed by atoms with Crippen LogP contribution in [-0.4, -0.2) is 38.9 Å². The number of halogens is 2. The van der Waals surface area contributed by atoms with Crippen LogP contribution in [0.2, 0.25) is 0 Å². The molecule has 0 spiro atoms. The Morgan fingerprint density at radius 3 is 2.42 bits per heavy atom. The first kappa shape index (κ1) is 23.4. The molecule has 2 amide bonds. The van der Waals surface area contributed by atoms with Crippen LogP contribution < -0.4 is 5.32 Å². The summed E-state index contributed by atoms with van der Waals surface area (Å²) in [7, 11) is 0. The first-order valence-corrected chi connectivity index (χ1v) is 11.7. The average Bonchev–Trinajstić information content (AvgIpc) is 3.64. The van der Waals surface area contributed by atoms with Gasteiger partial charge in [0, 0.05) is 23.4 Å². The lowest BCUT2D eigenvalue weighted by molar-refractivity contribution is -0.117. The third-order valence-corrected chi connectivity index (χ3v) is 6.11. The highest BCUT2D eigenvalue weighted by Crippen LogP contribution is 2.29. The van der Waals surface area contributed by atoms with Crippen molar-refractivity contribution in [3.05, 3.63) is 102 Å². The van der Waals surface area contributed by atoms with Crippen LogP contribution in [0, 0.1) is 18.6 Å². The lowest BCUT2D eigenvalue weighted by atomic mass is 10.2. The molecule has 0 bridgehead atoms. The second-order valence-corrected chi connectivity index (χ2v) is 8.84. The molecule has 1 aromatic heterocycles. The van der Waals surface area contributed by atoms with Gasteiger partial charge < -0.3 is 4.90 Å². The summed E-state index contributed by atoms with van der Waals surface area (Å²) in [4.78, 5) is 32.2. The molecular formula is C28H24F2N4O2. The van der Waals surface area contributed by atoms with Gasteiger partial charge in [0.25, 0.3) is 5.91 Å². The second kappa shape index (κ2) is 9.73. The number of hydrogen-bond donors (Lipinski definition) is 1. The van der Waals surface area contributed by atoms with Crippen molar-refractivity contribution in [2.45, 2.75) is 25.8 Å². The van der Waals surface area contributed by atoms with Crippen LogP contribution in [0.5, 0.6) is 0 Å². The van der Waals surface area contributed by atoms with Gasteiger partial charge in [0.15, 0.2) is 0 Å². The number of rotatable bonds is 7. The molecule has 182 valence electrons. The van der Waals surface area contributed by atoms with Crippen molar-refractivity contribution in [1.29, 1.82) is 0 Å². The van der Waals surface area contributed by atoms with Crippen LogP contribution >= 0.6 is 0 Å². The van der Waals surface area contributed by atoms with Gasteiger partial charge in [-0.25, -0.2) is 13.8 Å². The highest BCUT2D eigenvalue weighted by Gasteiger charge is 2.34. The van der Waals surface area contributed by atoms with E-state index >= 15 is 0 Å². The van der Waals surface area contributed by atoms with Crippen molar-refractivity contribution < 1.29 is 18.4 Å². The van der Waals surface area contributed by atoms with Crippen molar-refractivity contribution in [1.82, 2.24) is 14.5 Å². The summed E-state index contributed by atoms with van der Waals surface area (Å²) in [6.45, 7) is 1.49. The van der Waals surface area contributed by atoms with Crippen molar-refractivity contribution in [2.24, 2.45) is 0 Å². The fraction of sp³-hybridized carbons (Fsp3) is 0.179. The third-order valence-electron chi connectivity index (χ3n) is 6.11. The lowest BCUT2D eigenvalue weighted by Gasteiger charge is -2.22. The summed E-state index contributed by atoms with van der Waals surface area (Å²) in [5.41, 5.74) is 2.77. The smallest absolute Gasteiger partial charge is 0.254 e. The number of nitrogens with one attached hydrogen (secondary N) is 1. The van der Waals surface area contributed by atoms with Gasteiger partial charge in [0.1, 0.15) is 18.2 Å². The molecule has 1 fully saturated rings. The van der Waals surface area contributed by atoms with Crippen LogP contribution in [0.25, 0.3) is 16.9 Å². The molecule has 3 aromatic carbocycles. The summed E-state index contributed by atoms with van der Waals surface area (Å²) in [6, 6.07) is 19.5. The summed E-state index contributed by atoms with van der Waals surface area (Å²) in [5.74, 6) is -1.36. The molecule has 0 saturated heterocycles. The van der Waals surface area contributed by atoms with Crippen LogP contribution in [0.1, 0.15) is 28.8 Å². The number of hydrogen-bond acceptors (Lipinski definition) is 3. The van der Waals surface area contributed by atoms with E-state index in [-0.39, 0.29) is 30.3 Å². The molecule has 1 N–H and O–H groups in total. The molecule has 4 aromatic rings. The molecule has 5 rings (SSSR count). The van der Waals surface area contributed by atoms with E-state index in [9.17, 15) is 18.4 Å². The van der Waals surface area contributed by atoms with Gasteiger partial charge in [-0.1, -0.05) is 36.4 Å².